The lowest BCUT2D eigenvalue weighted by molar-refractivity contribution is 0.739. The van der Waals surface area contributed by atoms with E-state index in [9.17, 15) is 0 Å². The van der Waals surface area contributed by atoms with Crippen LogP contribution in [0.15, 0.2) is 18.2 Å². The number of rotatable bonds is 2. The fraction of sp³-hybridized carbons (Fsp3) is 0.333. The van der Waals surface area contributed by atoms with Gasteiger partial charge in [0.25, 0.3) is 0 Å². The molecule has 0 saturated heterocycles. The average molecular weight is 165 g/mol. The van der Waals surface area contributed by atoms with Gasteiger partial charge < -0.3 is 17.2 Å². The number of hydrogen-bond donors (Lipinski definition) is 3. The Morgan fingerprint density at radius 1 is 1.42 bits per heavy atom. The van der Waals surface area contributed by atoms with Gasteiger partial charge in [-0.05, 0) is 24.1 Å². The monoisotopic (exact) mass is 165 g/mol. The first-order valence-corrected chi connectivity index (χ1v) is 3.97. The summed E-state index contributed by atoms with van der Waals surface area (Å²) in [5.41, 5.74) is 19.7. The van der Waals surface area contributed by atoms with Crippen molar-refractivity contribution in [2.75, 3.05) is 12.3 Å². The predicted octanol–water partition coefficient (Wildman–Crippen LogP) is 0.536. The predicted molar refractivity (Wildman–Crippen MR) is 51.6 cm³/mol. The van der Waals surface area contributed by atoms with E-state index in [0.29, 0.717) is 6.54 Å². The van der Waals surface area contributed by atoms with E-state index in [4.69, 9.17) is 17.2 Å². The van der Waals surface area contributed by atoms with Crippen molar-refractivity contribution in [1.29, 1.82) is 0 Å². The first-order valence-electron chi connectivity index (χ1n) is 3.97. The molecule has 1 atom stereocenters. The summed E-state index contributed by atoms with van der Waals surface area (Å²) in [7, 11) is 0. The minimum Gasteiger partial charge on any atom is -0.398 e. The van der Waals surface area contributed by atoms with Crippen LogP contribution in [0.3, 0.4) is 0 Å². The largest absolute Gasteiger partial charge is 0.398 e. The van der Waals surface area contributed by atoms with Crippen molar-refractivity contribution in [1.82, 2.24) is 0 Å². The molecule has 0 aliphatic rings. The summed E-state index contributed by atoms with van der Waals surface area (Å²) in [6.07, 6.45) is 0. The maximum absolute atomic E-state index is 5.76. The molecule has 0 aliphatic heterocycles. The fourth-order valence-corrected chi connectivity index (χ4v) is 1.16. The lowest BCUT2D eigenvalue weighted by atomic mass is 10.0. The summed E-state index contributed by atoms with van der Waals surface area (Å²) in [6, 6.07) is 5.68. The Morgan fingerprint density at radius 3 is 2.58 bits per heavy atom. The Hall–Kier alpha value is -1.06. The van der Waals surface area contributed by atoms with Crippen molar-refractivity contribution in [2.45, 2.75) is 13.0 Å². The molecule has 0 amide bonds. The molecule has 1 aromatic rings. The van der Waals surface area contributed by atoms with E-state index in [1.165, 1.54) is 0 Å². The summed E-state index contributed by atoms with van der Waals surface area (Å²) in [4.78, 5) is 0. The molecule has 0 bridgehead atoms. The quantitative estimate of drug-likeness (QED) is 0.559. The van der Waals surface area contributed by atoms with Gasteiger partial charge >= 0.3 is 0 Å². The summed E-state index contributed by atoms with van der Waals surface area (Å²) in [5, 5.41) is 0. The van der Waals surface area contributed by atoms with E-state index in [2.05, 4.69) is 0 Å². The molecule has 12 heavy (non-hydrogen) atoms. The number of hydrogen-bond acceptors (Lipinski definition) is 3. The summed E-state index contributed by atoms with van der Waals surface area (Å²) < 4.78 is 0. The zero-order valence-electron chi connectivity index (χ0n) is 7.25. The Balaban J connectivity index is 3.01. The highest BCUT2D eigenvalue weighted by atomic mass is 14.7. The molecule has 0 saturated carbocycles. The molecule has 0 radical (unpaired) electrons. The topological polar surface area (TPSA) is 78.1 Å². The Kier molecular flexibility index (Phi) is 2.68. The molecule has 0 aliphatic carbocycles. The Labute approximate surface area is 72.5 Å². The third-order valence-electron chi connectivity index (χ3n) is 1.90. The molecule has 0 aromatic heterocycles. The van der Waals surface area contributed by atoms with E-state index in [0.717, 1.165) is 16.8 Å². The van der Waals surface area contributed by atoms with Gasteiger partial charge in [0, 0.05) is 18.3 Å². The van der Waals surface area contributed by atoms with Crippen LogP contribution in [0.5, 0.6) is 0 Å². The number of nitrogen functional groups attached to an aromatic ring is 1. The summed E-state index contributed by atoms with van der Waals surface area (Å²) >= 11 is 0. The van der Waals surface area contributed by atoms with E-state index in [1.54, 1.807) is 0 Å². The molecule has 1 rings (SSSR count). The van der Waals surface area contributed by atoms with Gasteiger partial charge in [0.05, 0.1) is 0 Å². The number of benzene rings is 1. The zero-order chi connectivity index (χ0) is 9.14. The van der Waals surface area contributed by atoms with Crippen molar-refractivity contribution in [2.24, 2.45) is 11.5 Å². The van der Waals surface area contributed by atoms with Gasteiger partial charge in [-0.3, -0.25) is 0 Å². The van der Waals surface area contributed by atoms with Gasteiger partial charge in [0.1, 0.15) is 0 Å². The molecular weight excluding hydrogens is 150 g/mol. The molecule has 0 spiro atoms. The second-order valence-corrected chi connectivity index (χ2v) is 2.97. The van der Waals surface area contributed by atoms with Gasteiger partial charge in [-0.1, -0.05) is 12.1 Å². The maximum atomic E-state index is 5.76. The highest BCUT2D eigenvalue weighted by Gasteiger charge is 2.06. The maximum Gasteiger partial charge on any atom is 0.0439 e. The van der Waals surface area contributed by atoms with E-state index in [1.807, 2.05) is 25.1 Å². The van der Waals surface area contributed by atoms with Gasteiger partial charge in [-0.15, -0.1) is 0 Å². The fourth-order valence-electron chi connectivity index (χ4n) is 1.16. The van der Waals surface area contributed by atoms with Crippen LogP contribution in [0, 0.1) is 6.92 Å². The van der Waals surface area contributed by atoms with Crippen LogP contribution in [-0.2, 0) is 0 Å². The third-order valence-corrected chi connectivity index (χ3v) is 1.90. The molecule has 3 nitrogen and oxygen atoms in total. The highest BCUT2D eigenvalue weighted by Crippen LogP contribution is 2.18. The van der Waals surface area contributed by atoms with Crippen LogP contribution in [0.4, 0.5) is 5.69 Å². The van der Waals surface area contributed by atoms with Crippen molar-refractivity contribution in [3.8, 4) is 0 Å². The highest BCUT2D eigenvalue weighted by molar-refractivity contribution is 5.50. The van der Waals surface area contributed by atoms with Crippen LogP contribution in [0.2, 0.25) is 0 Å². The third kappa shape index (κ3) is 1.75. The van der Waals surface area contributed by atoms with Crippen molar-refractivity contribution in [3.05, 3.63) is 29.3 Å². The molecule has 3 heteroatoms. The minimum atomic E-state index is -0.148. The standard InChI is InChI=1S/C9H15N3/c1-6-2-3-7(8(11)4-6)9(12)5-10/h2-4,9H,5,10-12H2,1H3. The van der Waals surface area contributed by atoms with Crippen molar-refractivity contribution >= 4 is 5.69 Å². The number of aryl methyl sites for hydroxylation is 1. The van der Waals surface area contributed by atoms with Crippen LogP contribution >= 0.6 is 0 Å². The second kappa shape index (κ2) is 3.56. The lowest BCUT2D eigenvalue weighted by Crippen LogP contribution is -2.21. The van der Waals surface area contributed by atoms with E-state index < -0.39 is 0 Å². The molecule has 0 heterocycles. The average Bonchev–Trinajstić information content (AvgIpc) is 2.03. The van der Waals surface area contributed by atoms with Crippen LogP contribution in [-0.4, -0.2) is 6.54 Å². The van der Waals surface area contributed by atoms with Crippen LogP contribution in [0.1, 0.15) is 17.2 Å². The van der Waals surface area contributed by atoms with Gasteiger partial charge in [-0.25, -0.2) is 0 Å². The van der Waals surface area contributed by atoms with Crippen molar-refractivity contribution < 1.29 is 0 Å². The minimum absolute atomic E-state index is 0.148. The number of nitrogens with two attached hydrogens (primary N) is 3. The molecular formula is C9H15N3. The van der Waals surface area contributed by atoms with E-state index in [-0.39, 0.29) is 6.04 Å². The van der Waals surface area contributed by atoms with E-state index >= 15 is 0 Å². The zero-order valence-corrected chi connectivity index (χ0v) is 7.25. The van der Waals surface area contributed by atoms with Gasteiger partial charge in [-0.2, -0.15) is 0 Å². The Morgan fingerprint density at radius 2 is 2.08 bits per heavy atom. The molecule has 0 fully saturated rings. The molecule has 66 valence electrons. The number of anilines is 1. The normalized spacial score (nSPS) is 12.9. The summed E-state index contributed by atoms with van der Waals surface area (Å²) in [6.45, 7) is 2.42. The first kappa shape index (κ1) is 9.03. The molecule has 1 unspecified atom stereocenters. The molecule has 1 aromatic carbocycles. The van der Waals surface area contributed by atoms with Crippen LogP contribution in [0.25, 0.3) is 0 Å². The smallest absolute Gasteiger partial charge is 0.0439 e. The second-order valence-electron chi connectivity index (χ2n) is 2.97. The SMILES string of the molecule is Cc1ccc(C(N)CN)c(N)c1. The summed E-state index contributed by atoms with van der Waals surface area (Å²) in [5.74, 6) is 0. The van der Waals surface area contributed by atoms with Crippen LogP contribution < -0.4 is 17.2 Å². The Bertz CT molecular complexity index is 270. The van der Waals surface area contributed by atoms with Gasteiger partial charge in [0.15, 0.2) is 0 Å². The van der Waals surface area contributed by atoms with Crippen molar-refractivity contribution in [3.63, 3.8) is 0 Å². The van der Waals surface area contributed by atoms with Gasteiger partial charge in [0.2, 0.25) is 0 Å². The first-order chi connectivity index (χ1) is 5.65. The lowest BCUT2D eigenvalue weighted by Gasteiger charge is -2.12. The molecule has 6 N–H and O–H groups in total.